The molecule has 3 heteroatoms. The third-order valence-corrected chi connectivity index (χ3v) is 3.62. The zero-order valence-corrected chi connectivity index (χ0v) is 11.3. The lowest BCUT2D eigenvalue weighted by molar-refractivity contribution is 0.353. The molecule has 1 aliphatic heterocycles. The van der Waals surface area contributed by atoms with Crippen LogP contribution in [0.2, 0.25) is 5.02 Å². The zero-order chi connectivity index (χ0) is 12.3. The molecule has 0 amide bonds. The summed E-state index contributed by atoms with van der Waals surface area (Å²) in [6, 6.07) is 4.66. The number of fused-ring (bicyclic) bond motifs is 1. The van der Waals surface area contributed by atoms with Crippen molar-refractivity contribution in [1.29, 1.82) is 0 Å². The van der Waals surface area contributed by atoms with Crippen LogP contribution in [0.3, 0.4) is 0 Å². The lowest BCUT2D eigenvalue weighted by Gasteiger charge is -2.11. The van der Waals surface area contributed by atoms with E-state index in [2.05, 4.69) is 18.3 Å². The normalized spacial score (nSPS) is 15.5. The van der Waals surface area contributed by atoms with E-state index in [1.165, 1.54) is 17.5 Å². The first-order valence-electron chi connectivity index (χ1n) is 6.32. The van der Waals surface area contributed by atoms with Gasteiger partial charge in [0.2, 0.25) is 0 Å². The van der Waals surface area contributed by atoms with E-state index in [0.717, 1.165) is 36.6 Å². The number of nitrogens with one attached hydrogen (secondary N) is 1. The summed E-state index contributed by atoms with van der Waals surface area (Å²) in [4.78, 5) is 0. The van der Waals surface area contributed by atoms with Crippen LogP contribution in [0.15, 0.2) is 12.1 Å². The topological polar surface area (TPSA) is 21.3 Å². The van der Waals surface area contributed by atoms with Crippen LogP contribution in [0, 0.1) is 0 Å². The highest BCUT2D eigenvalue weighted by Gasteiger charge is 2.17. The van der Waals surface area contributed by atoms with E-state index in [-0.39, 0.29) is 0 Å². The van der Waals surface area contributed by atoms with Gasteiger partial charge in [-0.3, -0.25) is 0 Å². The fraction of sp³-hybridized carbons (Fsp3) is 0.571. The van der Waals surface area contributed by atoms with Gasteiger partial charge in [-0.2, -0.15) is 0 Å². The second-order valence-corrected chi connectivity index (χ2v) is 5.17. The molecular formula is C14H20ClNO. The van der Waals surface area contributed by atoms with Crippen LogP contribution < -0.4 is 10.1 Å². The zero-order valence-electron chi connectivity index (χ0n) is 10.6. The first-order valence-corrected chi connectivity index (χ1v) is 6.70. The lowest BCUT2D eigenvalue weighted by atomic mass is 10.0. The van der Waals surface area contributed by atoms with E-state index in [4.69, 9.17) is 16.3 Å². The van der Waals surface area contributed by atoms with Gasteiger partial charge in [-0.15, -0.1) is 0 Å². The molecule has 0 saturated heterocycles. The Morgan fingerprint density at radius 1 is 1.47 bits per heavy atom. The van der Waals surface area contributed by atoms with E-state index >= 15 is 0 Å². The number of hydrogen-bond donors (Lipinski definition) is 1. The molecule has 1 aromatic carbocycles. The second kappa shape index (κ2) is 5.74. The maximum absolute atomic E-state index is 6.13. The number of halogens is 1. The summed E-state index contributed by atoms with van der Waals surface area (Å²) in [5.74, 6) is 1.09. The average Bonchev–Trinajstić information content (AvgIpc) is 2.76. The molecule has 0 saturated carbocycles. The van der Waals surface area contributed by atoms with Crippen molar-refractivity contribution in [3.05, 3.63) is 28.3 Å². The van der Waals surface area contributed by atoms with Crippen LogP contribution in [-0.4, -0.2) is 19.7 Å². The van der Waals surface area contributed by atoms with E-state index in [1.54, 1.807) is 0 Å². The molecule has 0 bridgehead atoms. The minimum atomic E-state index is 0.572. The molecule has 94 valence electrons. The minimum Gasteiger partial charge on any atom is -0.493 e. The molecule has 1 aromatic rings. The van der Waals surface area contributed by atoms with Crippen molar-refractivity contribution < 1.29 is 4.74 Å². The summed E-state index contributed by atoms with van der Waals surface area (Å²) in [6.45, 7) is 3.01. The molecule has 1 atom stereocenters. The van der Waals surface area contributed by atoms with Crippen LogP contribution in [0.4, 0.5) is 0 Å². The Kier molecular flexibility index (Phi) is 4.30. The van der Waals surface area contributed by atoms with Crippen LogP contribution in [-0.2, 0) is 12.8 Å². The van der Waals surface area contributed by atoms with Gasteiger partial charge >= 0.3 is 0 Å². The molecular weight excluding hydrogens is 234 g/mol. The summed E-state index contributed by atoms with van der Waals surface area (Å²) < 4.78 is 5.69. The van der Waals surface area contributed by atoms with Gasteiger partial charge in [-0.05, 0) is 56.5 Å². The number of ether oxygens (including phenoxy) is 1. The Bertz CT molecular complexity index is 392. The van der Waals surface area contributed by atoms with Gasteiger partial charge in [0.1, 0.15) is 5.75 Å². The summed E-state index contributed by atoms with van der Waals surface area (Å²) in [5.41, 5.74) is 2.54. The molecule has 0 fully saturated rings. The molecule has 1 aliphatic rings. The standard InChI is InChI=1S/C14H20ClNO/c1-10(16-2)4-3-5-11-8-13(15)9-12-6-7-17-14(11)12/h8-10,16H,3-7H2,1-2H3. The van der Waals surface area contributed by atoms with E-state index < -0.39 is 0 Å². The molecule has 1 heterocycles. The maximum atomic E-state index is 6.13. The van der Waals surface area contributed by atoms with E-state index in [1.807, 2.05) is 13.1 Å². The van der Waals surface area contributed by atoms with Crippen molar-refractivity contribution in [3.63, 3.8) is 0 Å². The monoisotopic (exact) mass is 253 g/mol. The van der Waals surface area contributed by atoms with Gasteiger partial charge in [0, 0.05) is 17.5 Å². The number of hydrogen-bond acceptors (Lipinski definition) is 2. The fourth-order valence-corrected chi connectivity index (χ4v) is 2.54. The number of rotatable bonds is 5. The SMILES string of the molecule is CNC(C)CCCc1cc(Cl)cc2c1OCC2. The molecule has 2 nitrogen and oxygen atoms in total. The molecule has 0 aromatic heterocycles. The minimum absolute atomic E-state index is 0.572. The Labute approximate surface area is 108 Å². The summed E-state index contributed by atoms with van der Waals surface area (Å²) in [6.07, 6.45) is 4.39. The van der Waals surface area contributed by atoms with Gasteiger partial charge in [0.25, 0.3) is 0 Å². The summed E-state index contributed by atoms with van der Waals surface area (Å²) in [5, 5.41) is 4.10. The fourth-order valence-electron chi connectivity index (χ4n) is 2.27. The smallest absolute Gasteiger partial charge is 0.125 e. The Balaban J connectivity index is 2.01. The first-order chi connectivity index (χ1) is 8.20. The van der Waals surface area contributed by atoms with Crippen LogP contribution in [0.1, 0.15) is 30.9 Å². The third kappa shape index (κ3) is 3.14. The highest BCUT2D eigenvalue weighted by atomic mass is 35.5. The predicted molar refractivity (Wildman–Crippen MR) is 72.1 cm³/mol. The van der Waals surface area contributed by atoms with Crippen molar-refractivity contribution >= 4 is 11.6 Å². The van der Waals surface area contributed by atoms with E-state index in [0.29, 0.717) is 6.04 Å². The molecule has 2 rings (SSSR count). The lowest BCUT2D eigenvalue weighted by Crippen LogP contribution is -2.20. The Morgan fingerprint density at radius 3 is 3.06 bits per heavy atom. The van der Waals surface area contributed by atoms with Crippen LogP contribution >= 0.6 is 11.6 Å². The number of benzene rings is 1. The van der Waals surface area contributed by atoms with Crippen LogP contribution in [0.25, 0.3) is 0 Å². The summed E-state index contributed by atoms with van der Waals surface area (Å²) >= 11 is 6.13. The highest BCUT2D eigenvalue weighted by molar-refractivity contribution is 6.30. The Hall–Kier alpha value is -0.730. The van der Waals surface area contributed by atoms with Crippen molar-refractivity contribution in [1.82, 2.24) is 5.32 Å². The first kappa shape index (κ1) is 12.7. The van der Waals surface area contributed by atoms with Crippen molar-refractivity contribution in [2.24, 2.45) is 0 Å². The number of aryl methyl sites for hydroxylation is 1. The molecule has 0 radical (unpaired) electrons. The van der Waals surface area contributed by atoms with Crippen molar-refractivity contribution in [2.45, 2.75) is 38.6 Å². The van der Waals surface area contributed by atoms with Gasteiger partial charge in [0.05, 0.1) is 6.61 Å². The molecule has 0 spiro atoms. The van der Waals surface area contributed by atoms with Crippen molar-refractivity contribution in [3.8, 4) is 5.75 Å². The molecule has 1 unspecified atom stereocenters. The third-order valence-electron chi connectivity index (χ3n) is 3.40. The highest BCUT2D eigenvalue weighted by Crippen LogP contribution is 2.33. The Morgan fingerprint density at radius 2 is 2.29 bits per heavy atom. The van der Waals surface area contributed by atoms with Gasteiger partial charge in [-0.25, -0.2) is 0 Å². The average molecular weight is 254 g/mol. The maximum Gasteiger partial charge on any atom is 0.125 e. The van der Waals surface area contributed by atoms with Gasteiger partial charge < -0.3 is 10.1 Å². The summed E-state index contributed by atoms with van der Waals surface area (Å²) in [7, 11) is 2.00. The van der Waals surface area contributed by atoms with Gasteiger partial charge in [0.15, 0.2) is 0 Å². The quantitative estimate of drug-likeness (QED) is 0.870. The molecule has 1 N–H and O–H groups in total. The second-order valence-electron chi connectivity index (χ2n) is 4.73. The predicted octanol–water partition coefficient (Wildman–Crippen LogP) is 3.21. The van der Waals surface area contributed by atoms with Gasteiger partial charge in [-0.1, -0.05) is 11.6 Å². The van der Waals surface area contributed by atoms with E-state index in [9.17, 15) is 0 Å². The molecule has 0 aliphatic carbocycles. The molecule has 17 heavy (non-hydrogen) atoms. The van der Waals surface area contributed by atoms with Crippen molar-refractivity contribution in [2.75, 3.05) is 13.7 Å². The largest absolute Gasteiger partial charge is 0.493 e. The van der Waals surface area contributed by atoms with Crippen LogP contribution in [0.5, 0.6) is 5.75 Å².